The Balaban J connectivity index is 1.49. The van der Waals surface area contributed by atoms with Crippen LogP contribution in [0.25, 0.3) is 21.7 Å². The number of alkyl carbamates (subject to hydrolysis) is 1. The molecule has 0 aliphatic carbocycles. The van der Waals surface area contributed by atoms with E-state index in [1.165, 1.54) is 0 Å². The molecule has 168 valence electrons. The van der Waals surface area contributed by atoms with Crippen LogP contribution in [0.3, 0.4) is 0 Å². The highest BCUT2D eigenvalue weighted by atomic mass is 16.6. The molecule has 8 nitrogen and oxygen atoms in total. The van der Waals surface area contributed by atoms with E-state index in [9.17, 15) is 14.4 Å². The normalized spacial score (nSPS) is 16.8. The number of carbonyl (C=O) groups is 3. The van der Waals surface area contributed by atoms with Crippen molar-refractivity contribution in [1.29, 1.82) is 0 Å². The van der Waals surface area contributed by atoms with E-state index < -0.39 is 17.6 Å². The minimum absolute atomic E-state index is 0.235. The Hall–Kier alpha value is -3.55. The second-order valence-corrected chi connectivity index (χ2v) is 8.92. The van der Waals surface area contributed by atoms with Crippen molar-refractivity contribution in [2.75, 3.05) is 18.4 Å². The lowest BCUT2D eigenvalue weighted by Gasteiger charge is -2.20. The lowest BCUT2D eigenvalue weighted by atomic mass is 9.89. The molecule has 1 saturated heterocycles. The van der Waals surface area contributed by atoms with Crippen LogP contribution < -0.4 is 16.0 Å². The van der Waals surface area contributed by atoms with Gasteiger partial charge in [-0.05, 0) is 56.2 Å². The highest BCUT2D eigenvalue weighted by Crippen LogP contribution is 2.37. The zero-order valence-electron chi connectivity index (χ0n) is 18.4. The van der Waals surface area contributed by atoms with Crippen molar-refractivity contribution in [3.63, 3.8) is 0 Å². The van der Waals surface area contributed by atoms with Gasteiger partial charge in [-0.2, -0.15) is 0 Å². The Bertz CT molecular complexity index is 1190. The molecule has 0 bridgehead atoms. The van der Waals surface area contributed by atoms with Crippen molar-refractivity contribution in [2.45, 2.75) is 45.1 Å². The number of furan rings is 1. The molecule has 3 amide bonds. The first-order valence-corrected chi connectivity index (χ1v) is 10.7. The summed E-state index contributed by atoms with van der Waals surface area (Å²) in [6.45, 7) is 6.43. The van der Waals surface area contributed by atoms with Crippen molar-refractivity contribution in [3.8, 4) is 0 Å². The van der Waals surface area contributed by atoms with Gasteiger partial charge < -0.3 is 19.8 Å². The molecule has 8 heteroatoms. The zero-order valence-corrected chi connectivity index (χ0v) is 18.4. The largest absolute Gasteiger partial charge is 0.464 e. The second kappa shape index (κ2) is 8.53. The quantitative estimate of drug-likeness (QED) is 0.410. The van der Waals surface area contributed by atoms with Crippen LogP contribution in [0.15, 0.2) is 41.0 Å². The molecule has 3 aromatic rings. The van der Waals surface area contributed by atoms with Crippen LogP contribution in [-0.2, 0) is 14.3 Å². The molecule has 0 spiro atoms. The van der Waals surface area contributed by atoms with Gasteiger partial charge in [0.05, 0.1) is 12.2 Å². The van der Waals surface area contributed by atoms with E-state index in [1.54, 1.807) is 6.26 Å². The molecule has 1 fully saturated rings. The van der Waals surface area contributed by atoms with Crippen LogP contribution in [0.5, 0.6) is 0 Å². The number of amides is 3. The Morgan fingerprint density at radius 1 is 1.19 bits per heavy atom. The third-order valence-electron chi connectivity index (χ3n) is 5.32. The van der Waals surface area contributed by atoms with E-state index in [4.69, 9.17) is 9.15 Å². The first kappa shape index (κ1) is 21.7. The standard InChI is InChI=1S/C24H27N3O5/c1-24(2,3)32-23(30)26-11-10-25-15-5-6-16-14(12-15)4-8-19-21(16)18(13-31-19)17-7-9-20(28)27-22(17)29/h4-6,8,12-13,17,25H,7,9-11H2,1-3H3,(H,26,30)(H,27,28,29). The maximum atomic E-state index is 12.4. The maximum absolute atomic E-state index is 12.4. The first-order chi connectivity index (χ1) is 15.2. The molecule has 4 rings (SSSR count). The third-order valence-corrected chi connectivity index (χ3v) is 5.32. The number of rotatable bonds is 5. The molecule has 2 heterocycles. The Morgan fingerprint density at radius 2 is 2.00 bits per heavy atom. The average Bonchev–Trinajstić information content (AvgIpc) is 3.14. The van der Waals surface area contributed by atoms with Gasteiger partial charge in [0, 0.05) is 36.1 Å². The van der Waals surface area contributed by atoms with Crippen molar-refractivity contribution in [3.05, 3.63) is 42.2 Å². The van der Waals surface area contributed by atoms with Gasteiger partial charge in [-0.3, -0.25) is 14.9 Å². The van der Waals surface area contributed by atoms with Gasteiger partial charge in [-0.25, -0.2) is 4.79 Å². The number of nitrogens with one attached hydrogen (secondary N) is 3. The number of ether oxygens (including phenoxy) is 1. The van der Waals surface area contributed by atoms with Gasteiger partial charge in [0.1, 0.15) is 11.2 Å². The van der Waals surface area contributed by atoms with Crippen molar-refractivity contribution in [1.82, 2.24) is 10.6 Å². The number of benzene rings is 2. The lowest BCUT2D eigenvalue weighted by molar-refractivity contribution is -0.134. The smallest absolute Gasteiger partial charge is 0.407 e. The summed E-state index contributed by atoms with van der Waals surface area (Å²) in [5.74, 6) is -0.922. The number of imide groups is 1. The molecule has 0 saturated carbocycles. The molecular weight excluding hydrogens is 410 g/mol. The summed E-state index contributed by atoms with van der Waals surface area (Å²) in [5.41, 5.74) is 1.90. The van der Waals surface area contributed by atoms with Gasteiger partial charge in [0.25, 0.3) is 0 Å². The molecule has 1 aromatic heterocycles. The lowest BCUT2D eigenvalue weighted by Crippen LogP contribution is -2.39. The average molecular weight is 437 g/mol. The number of piperidine rings is 1. The number of hydrogen-bond acceptors (Lipinski definition) is 6. The molecule has 1 unspecified atom stereocenters. The van der Waals surface area contributed by atoms with Gasteiger partial charge in [0.2, 0.25) is 11.8 Å². The molecule has 1 atom stereocenters. The highest BCUT2D eigenvalue weighted by Gasteiger charge is 2.31. The van der Waals surface area contributed by atoms with Gasteiger partial charge in [-0.15, -0.1) is 0 Å². The van der Waals surface area contributed by atoms with E-state index in [0.29, 0.717) is 31.5 Å². The summed E-state index contributed by atoms with van der Waals surface area (Å²) in [6.07, 6.45) is 1.97. The fourth-order valence-corrected chi connectivity index (χ4v) is 3.93. The molecule has 0 radical (unpaired) electrons. The highest BCUT2D eigenvalue weighted by molar-refractivity contribution is 6.11. The van der Waals surface area contributed by atoms with Crippen LogP contribution >= 0.6 is 0 Å². The summed E-state index contributed by atoms with van der Waals surface area (Å²) < 4.78 is 10.9. The van der Waals surface area contributed by atoms with E-state index in [2.05, 4.69) is 16.0 Å². The second-order valence-electron chi connectivity index (χ2n) is 8.92. The topological polar surface area (TPSA) is 110 Å². The van der Waals surface area contributed by atoms with Crippen LogP contribution in [0, 0.1) is 0 Å². The minimum atomic E-state index is -0.527. The Labute approximate surface area is 185 Å². The molecule has 1 aliphatic heterocycles. The van der Waals surface area contributed by atoms with Crippen LogP contribution in [0.4, 0.5) is 10.5 Å². The molecular formula is C24H27N3O5. The number of carbonyl (C=O) groups excluding carboxylic acids is 3. The van der Waals surface area contributed by atoms with Crippen molar-refractivity contribution in [2.24, 2.45) is 0 Å². The summed E-state index contributed by atoms with van der Waals surface area (Å²) in [7, 11) is 0. The summed E-state index contributed by atoms with van der Waals surface area (Å²) in [4.78, 5) is 35.6. The predicted molar refractivity (Wildman–Crippen MR) is 122 cm³/mol. The predicted octanol–water partition coefficient (Wildman–Crippen LogP) is 4.04. The number of anilines is 1. The Kier molecular flexibility index (Phi) is 5.78. The molecule has 32 heavy (non-hydrogen) atoms. The number of fused-ring (bicyclic) bond motifs is 3. The summed E-state index contributed by atoms with van der Waals surface area (Å²) in [5, 5.41) is 11.3. The summed E-state index contributed by atoms with van der Waals surface area (Å²) in [6, 6.07) is 9.83. The SMILES string of the molecule is CC(C)(C)OC(=O)NCCNc1ccc2c(ccc3occ(C4CCC(=O)NC4=O)c32)c1. The molecule has 2 aromatic carbocycles. The first-order valence-electron chi connectivity index (χ1n) is 10.7. The maximum Gasteiger partial charge on any atom is 0.407 e. The van der Waals surface area contributed by atoms with E-state index >= 15 is 0 Å². The number of hydrogen-bond donors (Lipinski definition) is 3. The fourth-order valence-electron chi connectivity index (χ4n) is 3.93. The fraction of sp³-hybridized carbons (Fsp3) is 0.375. The van der Waals surface area contributed by atoms with E-state index in [-0.39, 0.29) is 11.8 Å². The van der Waals surface area contributed by atoms with Crippen LogP contribution in [0.2, 0.25) is 0 Å². The molecule has 3 N–H and O–H groups in total. The van der Waals surface area contributed by atoms with Crippen molar-refractivity contribution < 1.29 is 23.5 Å². The van der Waals surface area contributed by atoms with Crippen LogP contribution in [0.1, 0.15) is 45.1 Å². The van der Waals surface area contributed by atoms with E-state index in [0.717, 1.165) is 27.4 Å². The van der Waals surface area contributed by atoms with Crippen LogP contribution in [-0.4, -0.2) is 36.6 Å². The molecule has 1 aliphatic rings. The van der Waals surface area contributed by atoms with E-state index in [1.807, 2.05) is 51.1 Å². The third kappa shape index (κ3) is 4.69. The summed E-state index contributed by atoms with van der Waals surface area (Å²) >= 11 is 0. The minimum Gasteiger partial charge on any atom is -0.464 e. The monoisotopic (exact) mass is 437 g/mol. The van der Waals surface area contributed by atoms with Gasteiger partial charge >= 0.3 is 6.09 Å². The van der Waals surface area contributed by atoms with Crippen molar-refractivity contribution >= 4 is 45.3 Å². The Morgan fingerprint density at radius 3 is 2.75 bits per heavy atom. The van der Waals surface area contributed by atoms with Gasteiger partial charge in [-0.1, -0.05) is 12.1 Å². The zero-order chi connectivity index (χ0) is 22.9. The van der Waals surface area contributed by atoms with Gasteiger partial charge in [0.15, 0.2) is 0 Å².